The maximum absolute atomic E-state index is 14.2. The van der Waals surface area contributed by atoms with Gasteiger partial charge in [0.1, 0.15) is 18.2 Å². The monoisotopic (exact) mass is 513 g/mol. The largest absolute Gasteiger partial charge is 0.504 e. The predicted octanol–water partition coefficient (Wildman–Crippen LogP) is 7.12. The number of benzene rings is 3. The summed E-state index contributed by atoms with van der Waals surface area (Å²) in [7, 11) is 2.90. The Bertz CT molecular complexity index is 1410. The summed E-state index contributed by atoms with van der Waals surface area (Å²) in [5, 5.41) is 1.60. The van der Waals surface area contributed by atoms with Gasteiger partial charge in [0.05, 0.1) is 32.6 Å². The molecule has 3 aromatic carbocycles. The Morgan fingerprint density at radius 2 is 1.80 bits per heavy atom. The van der Waals surface area contributed by atoms with Gasteiger partial charge in [0, 0.05) is 43.8 Å². The van der Waals surface area contributed by atoms with E-state index in [0.717, 1.165) is 22.0 Å². The summed E-state index contributed by atoms with van der Waals surface area (Å²) in [5.41, 5.74) is 3.22. The van der Waals surface area contributed by atoms with Crippen molar-refractivity contribution in [3.63, 3.8) is 0 Å². The molecule has 0 saturated carbocycles. The Hall–Kier alpha value is -3.48. The van der Waals surface area contributed by atoms with Gasteiger partial charge in [-0.2, -0.15) is 0 Å². The van der Waals surface area contributed by atoms with Crippen molar-refractivity contribution in [2.24, 2.45) is 0 Å². The fourth-order valence-electron chi connectivity index (χ4n) is 3.85. The molecular formula is C27H22Cl2FNO4. The Morgan fingerprint density at radius 3 is 2.54 bits per heavy atom. The zero-order chi connectivity index (χ0) is 24.9. The molecule has 4 rings (SSSR count). The third kappa shape index (κ3) is 5.45. The number of halogens is 3. The number of rotatable bonds is 8. The minimum absolute atomic E-state index is 0.0262. The molecule has 0 amide bonds. The van der Waals surface area contributed by atoms with Crippen molar-refractivity contribution in [3.05, 3.63) is 105 Å². The smallest absolute Gasteiger partial charge is 0.338 e. The molecule has 0 spiro atoms. The van der Waals surface area contributed by atoms with Gasteiger partial charge in [-0.15, -0.1) is 0 Å². The average Bonchev–Trinajstić information content (AvgIpc) is 3.20. The molecule has 0 radical (unpaired) electrons. The van der Waals surface area contributed by atoms with Crippen LogP contribution in [0.5, 0.6) is 5.75 Å². The van der Waals surface area contributed by atoms with Crippen LogP contribution in [0.4, 0.5) is 4.39 Å². The summed E-state index contributed by atoms with van der Waals surface area (Å²) in [6.07, 6.45) is 5.24. The van der Waals surface area contributed by atoms with E-state index in [4.69, 9.17) is 37.4 Å². The second-order valence-electron chi connectivity index (χ2n) is 7.72. The number of carbonyl (C=O) groups is 1. The number of hydrogen-bond donors (Lipinski definition) is 0. The molecule has 0 aliphatic carbocycles. The maximum Gasteiger partial charge on any atom is 0.338 e. The van der Waals surface area contributed by atoms with Gasteiger partial charge in [-0.25, -0.2) is 9.18 Å². The number of fused-ring (bicyclic) bond motifs is 1. The molecule has 180 valence electrons. The van der Waals surface area contributed by atoms with Gasteiger partial charge in [0.15, 0.2) is 0 Å². The normalized spacial score (nSPS) is 11.2. The zero-order valence-corrected chi connectivity index (χ0v) is 20.6. The Labute approximate surface area is 212 Å². The highest BCUT2D eigenvalue weighted by Gasteiger charge is 2.18. The van der Waals surface area contributed by atoms with Gasteiger partial charge in [0.2, 0.25) is 0 Å². The second-order valence-corrected chi connectivity index (χ2v) is 8.59. The van der Waals surface area contributed by atoms with Crippen LogP contribution < -0.4 is 4.74 Å². The van der Waals surface area contributed by atoms with Crippen molar-refractivity contribution in [1.29, 1.82) is 0 Å². The van der Waals surface area contributed by atoms with Gasteiger partial charge in [-0.05, 0) is 48.5 Å². The predicted molar refractivity (Wildman–Crippen MR) is 136 cm³/mol. The minimum Gasteiger partial charge on any atom is -0.504 e. The first-order valence-corrected chi connectivity index (χ1v) is 11.4. The Morgan fingerprint density at radius 1 is 1.03 bits per heavy atom. The first kappa shape index (κ1) is 24.6. The van der Waals surface area contributed by atoms with E-state index in [9.17, 15) is 9.18 Å². The van der Waals surface area contributed by atoms with Crippen LogP contribution in [0.25, 0.3) is 17.0 Å². The fraction of sp³-hybridized carbons (Fsp3) is 0.148. The lowest BCUT2D eigenvalue weighted by Gasteiger charge is -2.14. The SMILES string of the molecule is CO/C=C/c1cn(Cc2cc(Cl)ccc2OCc2ccc(Cl)cc2F)c2cccc(C(=O)OC)c12. The molecule has 1 aromatic heterocycles. The van der Waals surface area contributed by atoms with E-state index in [1.54, 1.807) is 61.9 Å². The van der Waals surface area contributed by atoms with Gasteiger partial charge < -0.3 is 18.8 Å². The molecule has 5 nitrogen and oxygen atoms in total. The van der Waals surface area contributed by atoms with Crippen molar-refractivity contribution in [2.75, 3.05) is 14.2 Å². The summed E-state index contributed by atoms with van der Waals surface area (Å²) >= 11 is 12.1. The molecule has 4 aromatic rings. The van der Waals surface area contributed by atoms with Crippen LogP contribution in [0.2, 0.25) is 10.0 Å². The van der Waals surface area contributed by atoms with Gasteiger partial charge >= 0.3 is 5.97 Å². The van der Waals surface area contributed by atoms with Crippen LogP contribution in [-0.2, 0) is 22.6 Å². The number of carbonyl (C=O) groups excluding carboxylic acids is 1. The molecule has 0 aliphatic heterocycles. The number of aromatic nitrogens is 1. The Kier molecular flexibility index (Phi) is 7.63. The quantitative estimate of drug-likeness (QED) is 0.186. The van der Waals surface area contributed by atoms with Crippen LogP contribution in [-0.4, -0.2) is 24.8 Å². The van der Waals surface area contributed by atoms with Crippen molar-refractivity contribution >= 4 is 46.2 Å². The van der Waals surface area contributed by atoms with Gasteiger partial charge in [-0.1, -0.05) is 35.3 Å². The standard InChI is InChI=1S/C27H22Cl2FNO4/c1-33-11-10-17-14-31(24-5-3-4-22(26(17)24)27(32)34-2)15-19-12-20(28)8-9-25(19)35-16-18-6-7-21(29)13-23(18)30/h3-14H,15-16H2,1-2H3/b11-10+. The molecule has 0 bridgehead atoms. The van der Waals surface area contributed by atoms with E-state index in [1.807, 2.05) is 16.8 Å². The number of methoxy groups -OCH3 is 2. The molecular weight excluding hydrogens is 492 g/mol. The highest BCUT2D eigenvalue weighted by atomic mass is 35.5. The molecule has 0 saturated heterocycles. The summed E-state index contributed by atoms with van der Waals surface area (Å²) < 4.78 is 32.3. The molecule has 35 heavy (non-hydrogen) atoms. The van der Waals surface area contributed by atoms with Gasteiger partial charge in [0.25, 0.3) is 0 Å². The summed E-state index contributed by atoms with van der Waals surface area (Å²) in [6, 6.07) is 15.2. The molecule has 0 unspecified atom stereocenters. The summed E-state index contributed by atoms with van der Waals surface area (Å²) in [4.78, 5) is 12.4. The zero-order valence-electron chi connectivity index (χ0n) is 19.1. The number of hydrogen-bond acceptors (Lipinski definition) is 4. The highest BCUT2D eigenvalue weighted by molar-refractivity contribution is 6.30. The van der Waals surface area contributed by atoms with E-state index < -0.39 is 11.8 Å². The van der Waals surface area contributed by atoms with Gasteiger partial charge in [-0.3, -0.25) is 0 Å². The number of esters is 1. The van der Waals surface area contributed by atoms with E-state index in [-0.39, 0.29) is 6.61 Å². The maximum atomic E-state index is 14.2. The van der Waals surface area contributed by atoms with Crippen LogP contribution >= 0.6 is 23.2 Å². The van der Waals surface area contributed by atoms with E-state index in [0.29, 0.717) is 33.5 Å². The van der Waals surface area contributed by atoms with Crippen molar-refractivity contribution in [2.45, 2.75) is 13.2 Å². The molecule has 0 N–H and O–H groups in total. The van der Waals surface area contributed by atoms with Crippen LogP contribution in [0.1, 0.15) is 27.0 Å². The van der Waals surface area contributed by atoms with Crippen molar-refractivity contribution < 1.29 is 23.4 Å². The summed E-state index contributed by atoms with van der Waals surface area (Å²) in [6.45, 7) is 0.416. The third-order valence-corrected chi connectivity index (χ3v) is 5.96. The van der Waals surface area contributed by atoms with Crippen LogP contribution in [0.3, 0.4) is 0 Å². The Balaban J connectivity index is 1.72. The highest BCUT2D eigenvalue weighted by Crippen LogP contribution is 2.31. The van der Waals surface area contributed by atoms with Crippen LogP contribution in [0, 0.1) is 5.82 Å². The molecule has 0 fully saturated rings. The fourth-order valence-corrected chi connectivity index (χ4v) is 4.21. The lowest BCUT2D eigenvalue weighted by molar-refractivity contribution is 0.0603. The van der Waals surface area contributed by atoms with Crippen molar-refractivity contribution in [3.8, 4) is 5.75 Å². The first-order chi connectivity index (χ1) is 16.9. The topological polar surface area (TPSA) is 49.7 Å². The molecule has 1 heterocycles. The van der Waals surface area contributed by atoms with Crippen molar-refractivity contribution in [1.82, 2.24) is 4.57 Å². The number of nitrogens with zero attached hydrogens (tertiary/aromatic N) is 1. The van der Waals surface area contributed by atoms with Crippen LogP contribution in [0.15, 0.2) is 67.1 Å². The first-order valence-electron chi connectivity index (χ1n) is 10.7. The third-order valence-electron chi connectivity index (χ3n) is 5.49. The van der Waals surface area contributed by atoms with E-state index in [1.165, 1.54) is 13.2 Å². The summed E-state index contributed by atoms with van der Waals surface area (Å²) in [5.74, 6) is -0.310. The lowest BCUT2D eigenvalue weighted by atomic mass is 10.1. The van der Waals surface area contributed by atoms with E-state index in [2.05, 4.69) is 0 Å². The molecule has 0 atom stereocenters. The van der Waals surface area contributed by atoms with E-state index >= 15 is 0 Å². The minimum atomic E-state index is -0.436. The lowest BCUT2D eigenvalue weighted by Crippen LogP contribution is -2.05. The second kappa shape index (κ2) is 10.8. The number of ether oxygens (including phenoxy) is 3. The molecule has 0 aliphatic rings. The molecule has 8 heteroatoms. The average molecular weight is 514 g/mol.